The van der Waals surface area contributed by atoms with Crippen LogP contribution in [0.15, 0.2) is 0 Å². The van der Waals surface area contributed by atoms with Gasteiger partial charge in [0.1, 0.15) is 0 Å². The van der Waals surface area contributed by atoms with Crippen molar-refractivity contribution in [2.75, 3.05) is 26.2 Å². The zero-order valence-electron chi connectivity index (χ0n) is 6.47. The molecule has 1 amide bonds. The number of rotatable bonds is 0. The Labute approximate surface area is 61.4 Å². The van der Waals surface area contributed by atoms with E-state index in [0.717, 1.165) is 26.1 Å². The van der Waals surface area contributed by atoms with Crippen molar-refractivity contribution in [3.8, 4) is 0 Å². The summed E-state index contributed by atoms with van der Waals surface area (Å²) in [6.45, 7) is 5.76. The third-order valence-corrected chi connectivity index (χ3v) is 1.88. The van der Waals surface area contributed by atoms with Crippen LogP contribution in [-0.4, -0.2) is 37.0 Å². The molecule has 0 bridgehead atoms. The molecule has 0 aliphatic carbocycles. The molecule has 0 spiro atoms. The zero-order valence-corrected chi connectivity index (χ0v) is 6.47. The lowest BCUT2D eigenvalue weighted by Crippen LogP contribution is -2.84. The molecule has 1 fully saturated rings. The van der Waals surface area contributed by atoms with Crippen LogP contribution in [0.5, 0.6) is 0 Å². The van der Waals surface area contributed by atoms with Gasteiger partial charge in [-0.1, -0.05) is 0 Å². The molecule has 1 aliphatic rings. The monoisotopic (exact) mass is 143 g/mol. The van der Waals surface area contributed by atoms with E-state index in [4.69, 9.17) is 0 Å². The van der Waals surface area contributed by atoms with E-state index in [2.05, 4.69) is 5.32 Å². The number of carbonyl (C=O) groups excluding carboxylic acids is 1. The Kier molecular flexibility index (Phi) is 2.68. The quantitative estimate of drug-likeness (QED) is 0.454. The van der Waals surface area contributed by atoms with E-state index in [0.29, 0.717) is 0 Å². The summed E-state index contributed by atoms with van der Waals surface area (Å²) in [5, 5.41) is 2.27. The van der Waals surface area contributed by atoms with E-state index in [9.17, 15) is 4.79 Å². The molecule has 3 nitrogen and oxygen atoms in total. The molecule has 0 atom stereocenters. The minimum Gasteiger partial charge on any atom is -0.345 e. The summed E-state index contributed by atoms with van der Waals surface area (Å²) in [7, 11) is 0. The maximum Gasteiger partial charge on any atom is 0.219 e. The van der Waals surface area contributed by atoms with Crippen LogP contribution in [0.2, 0.25) is 0 Å². The van der Waals surface area contributed by atoms with Crippen molar-refractivity contribution >= 4 is 5.91 Å². The smallest absolute Gasteiger partial charge is 0.219 e. The highest BCUT2D eigenvalue weighted by atomic mass is 16.2. The average molecular weight is 143 g/mol. The van der Waals surface area contributed by atoms with Crippen LogP contribution in [-0.2, 0) is 4.79 Å². The van der Waals surface area contributed by atoms with Crippen LogP contribution in [0.3, 0.4) is 0 Å². The highest BCUT2D eigenvalue weighted by Gasteiger charge is 2.11. The minimum atomic E-state index is 0.218. The van der Waals surface area contributed by atoms with Gasteiger partial charge in [-0.3, -0.25) is 4.79 Å². The lowest BCUT2D eigenvalue weighted by atomic mass is 10.4. The molecule has 58 valence electrons. The van der Waals surface area contributed by atoms with Gasteiger partial charge in [0, 0.05) is 19.9 Å². The van der Waals surface area contributed by atoms with Crippen molar-refractivity contribution in [1.29, 1.82) is 0 Å². The molecule has 2 N–H and O–H groups in total. The van der Waals surface area contributed by atoms with Crippen molar-refractivity contribution in [2.24, 2.45) is 0 Å². The molecular weight excluding hydrogens is 128 g/mol. The fraction of sp³-hybridized carbons (Fsp3) is 0.857. The lowest BCUT2D eigenvalue weighted by molar-refractivity contribution is -0.651. The Morgan fingerprint density at radius 1 is 1.40 bits per heavy atom. The van der Waals surface area contributed by atoms with Crippen LogP contribution in [0.1, 0.15) is 13.3 Å². The van der Waals surface area contributed by atoms with Gasteiger partial charge in [0.05, 0.1) is 19.6 Å². The van der Waals surface area contributed by atoms with Crippen LogP contribution >= 0.6 is 0 Å². The van der Waals surface area contributed by atoms with Gasteiger partial charge < -0.3 is 10.2 Å². The van der Waals surface area contributed by atoms with Crippen LogP contribution < -0.4 is 5.32 Å². The summed E-state index contributed by atoms with van der Waals surface area (Å²) < 4.78 is 0. The Morgan fingerprint density at radius 2 is 2.20 bits per heavy atom. The number of carbonyl (C=O) groups is 1. The highest BCUT2D eigenvalue weighted by Crippen LogP contribution is 1.91. The minimum absolute atomic E-state index is 0.218. The summed E-state index contributed by atoms with van der Waals surface area (Å²) >= 11 is 0. The van der Waals surface area contributed by atoms with Gasteiger partial charge in [0.15, 0.2) is 0 Å². The highest BCUT2D eigenvalue weighted by molar-refractivity contribution is 5.73. The Morgan fingerprint density at radius 3 is 2.90 bits per heavy atom. The summed E-state index contributed by atoms with van der Waals surface area (Å²) in [5.74, 6) is 0.218. The van der Waals surface area contributed by atoms with E-state index in [1.165, 1.54) is 6.54 Å². The van der Waals surface area contributed by atoms with Crippen molar-refractivity contribution in [3.05, 3.63) is 0 Å². The maximum absolute atomic E-state index is 10.9. The van der Waals surface area contributed by atoms with Gasteiger partial charge in [-0.05, 0) is 0 Å². The molecule has 0 aromatic heterocycles. The number of hydrogen-bond acceptors (Lipinski definition) is 1. The average Bonchev–Trinajstić information content (AvgIpc) is 2.12. The third kappa shape index (κ3) is 1.99. The second kappa shape index (κ2) is 3.56. The second-order valence-corrected chi connectivity index (χ2v) is 2.73. The van der Waals surface area contributed by atoms with E-state index < -0.39 is 0 Å². The topological polar surface area (TPSA) is 36.9 Å². The van der Waals surface area contributed by atoms with E-state index in [1.807, 2.05) is 4.90 Å². The van der Waals surface area contributed by atoms with Crippen molar-refractivity contribution < 1.29 is 10.1 Å². The normalized spacial score (nSPS) is 20.3. The first-order valence-corrected chi connectivity index (χ1v) is 3.88. The molecule has 0 radical (unpaired) electrons. The van der Waals surface area contributed by atoms with Crippen LogP contribution in [0, 0.1) is 0 Å². The molecule has 0 unspecified atom stereocenters. The van der Waals surface area contributed by atoms with Crippen LogP contribution in [0.25, 0.3) is 0 Å². The standard InChI is InChI=1S/C7H14N2O/c1-7(10)9-5-2-3-8-4-6-9/h8H,2-6H2,1H3/p+1. The fourth-order valence-electron chi connectivity index (χ4n) is 1.24. The number of nitrogens with zero attached hydrogens (tertiary/aromatic N) is 1. The summed E-state index contributed by atoms with van der Waals surface area (Å²) in [4.78, 5) is 12.8. The van der Waals surface area contributed by atoms with Gasteiger partial charge in [-0.2, -0.15) is 0 Å². The number of amides is 1. The molecular formula is C7H15N2O+. The third-order valence-electron chi connectivity index (χ3n) is 1.88. The van der Waals surface area contributed by atoms with E-state index in [-0.39, 0.29) is 5.91 Å². The second-order valence-electron chi connectivity index (χ2n) is 2.73. The Hall–Kier alpha value is -0.570. The summed E-state index contributed by atoms with van der Waals surface area (Å²) in [5.41, 5.74) is 0. The number of quaternary nitrogens is 1. The molecule has 3 heteroatoms. The first kappa shape index (κ1) is 7.54. The SMILES string of the molecule is CC(=O)N1CCC[NH2+]CC1. The van der Waals surface area contributed by atoms with Crippen molar-refractivity contribution in [1.82, 2.24) is 4.90 Å². The molecule has 10 heavy (non-hydrogen) atoms. The number of hydrogen-bond donors (Lipinski definition) is 1. The lowest BCUT2D eigenvalue weighted by Gasteiger charge is -2.15. The Bertz CT molecular complexity index is 117. The molecule has 1 aliphatic heterocycles. The molecule has 1 rings (SSSR count). The Balaban J connectivity index is 2.35. The fourth-order valence-corrected chi connectivity index (χ4v) is 1.24. The maximum atomic E-state index is 10.9. The van der Waals surface area contributed by atoms with E-state index in [1.54, 1.807) is 6.92 Å². The molecule has 0 aromatic carbocycles. The van der Waals surface area contributed by atoms with Gasteiger partial charge in [0.2, 0.25) is 5.91 Å². The largest absolute Gasteiger partial charge is 0.345 e. The summed E-state index contributed by atoms with van der Waals surface area (Å²) in [6, 6.07) is 0. The van der Waals surface area contributed by atoms with Gasteiger partial charge >= 0.3 is 0 Å². The zero-order chi connectivity index (χ0) is 7.40. The number of nitrogens with two attached hydrogens (primary N) is 1. The molecule has 0 saturated carbocycles. The first-order chi connectivity index (χ1) is 4.80. The molecule has 0 aromatic rings. The van der Waals surface area contributed by atoms with Crippen molar-refractivity contribution in [3.63, 3.8) is 0 Å². The molecule has 1 saturated heterocycles. The van der Waals surface area contributed by atoms with Crippen LogP contribution in [0.4, 0.5) is 0 Å². The summed E-state index contributed by atoms with van der Waals surface area (Å²) in [6.07, 6.45) is 1.14. The predicted octanol–water partition coefficient (Wildman–Crippen LogP) is -1.20. The first-order valence-electron chi connectivity index (χ1n) is 3.88. The van der Waals surface area contributed by atoms with Crippen molar-refractivity contribution in [2.45, 2.75) is 13.3 Å². The predicted molar refractivity (Wildman–Crippen MR) is 38.5 cm³/mol. The van der Waals surface area contributed by atoms with Gasteiger partial charge in [-0.15, -0.1) is 0 Å². The molecule has 1 heterocycles. The van der Waals surface area contributed by atoms with E-state index >= 15 is 0 Å². The van der Waals surface area contributed by atoms with Gasteiger partial charge in [-0.25, -0.2) is 0 Å². The van der Waals surface area contributed by atoms with Gasteiger partial charge in [0.25, 0.3) is 0 Å².